The highest BCUT2D eigenvalue weighted by atomic mass is 16.4. The van der Waals surface area contributed by atoms with Crippen LogP contribution in [0.2, 0.25) is 0 Å². The Morgan fingerprint density at radius 3 is 1.39 bits per heavy atom. The summed E-state index contributed by atoms with van der Waals surface area (Å²) in [6.45, 7) is 0. The van der Waals surface area contributed by atoms with E-state index in [9.17, 15) is 0 Å². The van der Waals surface area contributed by atoms with Crippen molar-refractivity contribution >= 4 is 22.2 Å². The van der Waals surface area contributed by atoms with E-state index in [1.807, 2.05) is 60.7 Å². The third kappa shape index (κ3) is 3.38. The number of rotatable bonds is 4. The van der Waals surface area contributed by atoms with Crippen molar-refractivity contribution in [3.8, 4) is 22.3 Å². The first-order valence-corrected chi connectivity index (χ1v) is 10.2. The minimum absolute atomic E-state index is 0.407. The Morgan fingerprint density at radius 1 is 0.484 bits per heavy atom. The maximum absolute atomic E-state index is 6.01. The van der Waals surface area contributed by atoms with E-state index in [1.165, 1.54) is 0 Å². The molecule has 4 aromatic carbocycles. The molecule has 148 valence electrons. The van der Waals surface area contributed by atoms with Gasteiger partial charge >= 0.3 is 0 Å². The Bertz CT molecular complexity index is 1380. The molecular formula is C27H18N2O2. The predicted molar refractivity (Wildman–Crippen MR) is 122 cm³/mol. The molecule has 0 saturated carbocycles. The van der Waals surface area contributed by atoms with Gasteiger partial charge in [-0.15, -0.1) is 0 Å². The highest BCUT2D eigenvalue weighted by Crippen LogP contribution is 2.28. The summed E-state index contributed by atoms with van der Waals surface area (Å²) in [7, 11) is 0. The van der Waals surface area contributed by atoms with E-state index in [4.69, 9.17) is 8.83 Å². The molecule has 0 aliphatic heterocycles. The maximum Gasteiger partial charge on any atom is 0.204 e. The maximum atomic E-state index is 6.01. The lowest BCUT2D eigenvalue weighted by atomic mass is 10.1. The summed E-state index contributed by atoms with van der Waals surface area (Å²) in [4.78, 5) is 9.22. The molecule has 0 radical (unpaired) electrons. The minimum Gasteiger partial charge on any atom is -0.440 e. The Hall–Kier alpha value is -4.18. The van der Waals surface area contributed by atoms with Gasteiger partial charge in [-0.3, -0.25) is 0 Å². The number of nitrogens with zero attached hydrogens (tertiary/aromatic N) is 2. The number of benzene rings is 4. The van der Waals surface area contributed by atoms with Crippen molar-refractivity contribution in [1.29, 1.82) is 0 Å². The van der Waals surface area contributed by atoms with Gasteiger partial charge in [0.15, 0.2) is 11.2 Å². The number of hydrogen-bond donors (Lipinski definition) is 0. The fourth-order valence-corrected chi connectivity index (χ4v) is 3.85. The summed E-state index contributed by atoms with van der Waals surface area (Å²) in [5, 5.41) is 0. The zero-order chi connectivity index (χ0) is 20.6. The van der Waals surface area contributed by atoms with Gasteiger partial charge in [0.05, 0.1) is 0 Å². The van der Waals surface area contributed by atoms with Crippen LogP contribution in [0.3, 0.4) is 0 Å². The van der Waals surface area contributed by atoms with E-state index in [1.54, 1.807) is 0 Å². The van der Waals surface area contributed by atoms with Crippen molar-refractivity contribution in [3.05, 3.63) is 109 Å². The van der Waals surface area contributed by atoms with Gasteiger partial charge in [0.2, 0.25) is 11.8 Å². The molecule has 0 bridgehead atoms. The van der Waals surface area contributed by atoms with Crippen molar-refractivity contribution in [3.63, 3.8) is 0 Å². The Labute approximate surface area is 178 Å². The molecule has 0 unspecified atom stereocenters. The average molecular weight is 402 g/mol. The molecule has 6 rings (SSSR count). The molecule has 0 amide bonds. The Morgan fingerprint density at radius 2 is 0.935 bits per heavy atom. The van der Waals surface area contributed by atoms with Gasteiger partial charge in [0.25, 0.3) is 0 Å². The lowest BCUT2D eigenvalue weighted by Gasteiger charge is -1.99. The fourth-order valence-electron chi connectivity index (χ4n) is 3.85. The van der Waals surface area contributed by atoms with Crippen LogP contribution in [0.5, 0.6) is 0 Å². The predicted octanol–water partition coefficient (Wildman–Crippen LogP) is 6.89. The average Bonchev–Trinajstić information content (AvgIpc) is 3.42. The molecule has 2 heterocycles. The zero-order valence-electron chi connectivity index (χ0n) is 16.7. The third-order valence-corrected chi connectivity index (χ3v) is 5.38. The molecule has 31 heavy (non-hydrogen) atoms. The van der Waals surface area contributed by atoms with Gasteiger partial charge < -0.3 is 8.83 Å². The molecule has 4 heteroatoms. The molecule has 0 N–H and O–H groups in total. The molecule has 0 aliphatic carbocycles. The molecule has 0 spiro atoms. The highest BCUT2D eigenvalue weighted by molar-refractivity contribution is 5.81. The second kappa shape index (κ2) is 7.26. The van der Waals surface area contributed by atoms with E-state index < -0.39 is 0 Å². The molecular weight excluding hydrogens is 384 g/mol. The normalized spacial score (nSPS) is 11.4. The van der Waals surface area contributed by atoms with Gasteiger partial charge in [0.1, 0.15) is 17.5 Å². The lowest BCUT2D eigenvalue weighted by Crippen LogP contribution is -1.87. The van der Waals surface area contributed by atoms with Crippen molar-refractivity contribution in [2.75, 3.05) is 0 Å². The smallest absolute Gasteiger partial charge is 0.204 e. The van der Waals surface area contributed by atoms with Crippen LogP contribution in [0.25, 0.3) is 44.5 Å². The van der Waals surface area contributed by atoms with Crippen LogP contribution in [-0.4, -0.2) is 9.97 Å². The first kappa shape index (κ1) is 17.7. The van der Waals surface area contributed by atoms with Crippen LogP contribution in [0.1, 0.15) is 11.8 Å². The first-order chi connectivity index (χ1) is 15.3. The highest BCUT2D eigenvalue weighted by Gasteiger charge is 2.13. The van der Waals surface area contributed by atoms with Gasteiger partial charge in [-0.05, 0) is 46.5 Å². The van der Waals surface area contributed by atoms with E-state index in [2.05, 4.69) is 46.4 Å². The van der Waals surface area contributed by atoms with Crippen molar-refractivity contribution in [2.24, 2.45) is 0 Å². The van der Waals surface area contributed by atoms with Crippen molar-refractivity contribution in [2.45, 2.75) is 6.42 Å². The molecule has 0 saturated heterocycles. The van der Waals surface area contributed by atoms with Crippen LogP contribution in [0.4, 0.5) is 0 Å². The number of aromatic nitrogens is 2. The molecule has 0 atom stereocenters. The Balaban J connectivity index is 1.30. The number of fused-ring (bicyclic) bond motifs is 2. The molecule has 4 nitrogen and oxygen atoms in total. The summed E-state index contributed by atoms with van der Waals surface area (Å²) in [5.41, 5.74) is 7.69. The SMILES string of the molecule is c1ccc(-c2ccc3nc(Cc4nc5ccc(-c6ccccc6)cc5o4)oc3c2)cc1. The lowest BCUT2D eigenvalue weighted by molar-refractivity contribution is 0.488. The summed E-state index contributed by atoms with van der Waals surface area (Å²) in [5.74, 6) is 1.19. The fraction of sp³-hybridized carbons (Fsp3) is 0.0370. The standard InChI is InChI=1S/C27H18N2O2/c1-3-7-18(8-4-1)20-11-13-22-24(15-20)30-26(28-22)17-27-29-23-14-12-21(16-25(23)31-27)19-9-5-2-6-10-19/h1-16H,17H2. The van der Waals surface area contributed by atoms with Gasteiger partial charge in [0, 0.05) is 0 Å². The molecule has 0 fully saturated rings. The number of hydrogen-bond acceptors (Lipinski definition) is 4. The molecule has 0 aliphatic rings. The van der Waals surface area contributed by atoms with Crippen LogP contribution in [0, 0.1) is 0 Å². The van der Waals surface area contributed by atoms with Crippen molar-refractivity contribution < 1.29 is 8.83 Å². The molecule has 6 aromatic rings. The van der Waals surface area contributed by atoms with Crippen LogP contribution >= 0.6 is 0 Å². The zero-order valence-corrected chi connectivity index (χ0v) is 16.7. The first-order valence-electron chi connectivity index (χ1n) is 10.2. The van der Waals surface area contributed by atoms with Gasteiger partial charge in [-0.25, -0.2) is 9.97 Å². The number of oxazole rings is 2. The van der Waals surface area contributed by atoms with Crippen LogP contribution in [0.15, 0.2) is 106 Å². The van der Waals surface area contributed by atoms with Crippen molar-refractivity contribution in [1.82, 2.24) is 9.97 Å². The summed E-state index contributed by atoms with van der Waals surface area (Å²) >= 11 is 0. The molecule has 2 aromatic heterocycles. The van der Waals surface area contributed by atoms with Crippen LogP contribution < -0.4 is 0 Å². The third-order valence-electron chi connectivity index (χ3n) is 5.38. The van der Waals surface area contributed by atoms with Crippen LogP contribution in [-0.2, 0) is 6.42 Å². The second-order valence-electron chi connectivity index (χ2n) is 7.49. The largest absolute Gasteiger partial charge is 0.440 e. The van der Waals surface area contributed by atoms with Gasteiger partial charge in [-0.2, -0.15) is 0 Å². The van der Waals surface area contributed by atoms with E-state index >= 15 is 0 Å². The summed E-state index contributed by atoms with van der Waals surface area (Å²) < 4.78 is 12.0. The summed E-state index contributed by atoms with van der Waals surface area (Å²) in [6, 6.07) is 32.6. The quantitative estimate of drug-likeness (QED) is 0.322. The second-order valence-corrected chi connectivity index (χ2v) is 7.49. The minimum atomic E-state index is 0.407. The van der Waals surface area contributed by atoms with Gasteiger partial charge in [-0.1, -0.05) is 72.8 Å². The monoisotopic (exact) mass is 402 g/mol. The Kier molecular flexibility index (Phi) is 4.13. The van der Waals surface area contributed by atoms with E-state index in [-0.39, 0.29) is 0 Å². The van der Waals surface area contributed by atoms with E-state index in [0.717, 1.165) is 44.5 Å². The summed E-state index contributed by atoms with van der Waals surface area (Å²) in [6.07, 6.45) is 0.407. The topological polar surface area (TPSA) is 52.1 Å². The van der Waals surface area contributed by atoms with E-state index in [0.29, 0.717) is 18.2 Å².